The summed E-state index contributed by atoms with van der Waals surface area (Å²) >= 11 is 0. The fraction of sp³-hybridized carbons (Fsp3) is 0.300. The standard InChI is InChI=1S/C20H24N2O3/c1-13(2)20(24)21-16-8-5-14(3)18(12-16)22-19(23)11-15-6-9-17(25-4)10-7-15/h5-10,12-13H,11H2,1-4H3,(H,21,24)(H,22,23). The number of nitrogens with one attached hydrogen (secondary N) is 2. The average molecular weight is 340 g/mol. The summed E-state index contributed by atoms with van der Waals surface area (Å²) in [5.41, 5.74) is 3.20. The van der Waals surface area contributed by atoms with Crippen LogP contribution in [0.25, 0.3) is 0 Å². The van der Waals surface area contributed by atoms with Gasteiger partial charge in [0.2, 0.25) is 11.8 Å². The van der Waals surface area contributed by atoms with Crippen LogP contribution in [0, 0.1) is 12.8 Å². The van der Waals surface area contributed by atoms with E-state index < -0.39 is 0 Å². The van der Waals surface area contributed by atoms with Gasteiger partial charge in [0, 0.05) is 17.3 Å². The SMILES string of the molecule is COc1ccc(CC(=O)Nc2cc(NC(=O)C(C)C)ccc2C)cc1. The molecule has 2 rings (SSSR count). The minimum absolute atomic E-state index is 0.0561. The third-order valence-electron chi connectivity index (χ3n) is 3.83. The number of benzene rings is 2. The first-order chi connectivity index (χ1) is 11.9. The molecule has 2 aromatic carbocycles. The van der Waals surface area contributed by atoms with E-state index in [1.807, 2.05) is 57.2 Å². The van der Waals surface area contributed by atoms with Crippen LogP contribution < -0.4 is 15.4 Å². The Morgan fingerprint density at radius 1 is 1.04 bits per heavy atom. The van der Waals surface area contributed by atoms with E-state index in [1.165, 1.54) is 0 Å². The van der Waals surface area contributed by atoms with E-state index in [9.17, 15) is 9.59 Å². The van der Waals surface area contributed by atoms with Gasteiger partial charge in [-0.15, -0.1) is 0 Å². The Morgan fingerprint density at radius 2 is 1.72 bits per heavy atom. The summed E-state index contributed by atoms with van der Waals surface area (Å²) < 4.78 is 5.11. The van der Waals surface area contributed by atoms with Gasteiger partial charge in [-0.3, -0.25) is 9.59 Å². The van der Waals surface area contributed by atoms with Crippen molar-refractivity contribution in [1.82, 2.24) is 0 Å². The Kier molecular flexibility index (Phi) is 6.17. The lowest BCUT2D eigenvalue weighted by Crippen LogP contribution is -2.18. The van der Waals surface area contributed by atoms with Crippen molar-refractivity contribution in [3.05, 3.63) is 53.6 Å². The fourth-order valence-electron chi connectivity index (χ4n) is 2.24. The van der Waals surface area contributed by atoms with Crippen LogP contribution in [0.2, 0.25) is 0 Å². The molecule has 25 heavy (non-hydrogen) atoms. The molecule has 0 aliphatic rings. The van der Waals surface area contributed by atoms with Gasteiger partial charge in [-0.25, -0.2) is 0 Å². The molecule has 5 heteroatoms. The maximum absolute atomic E-state index is 12.3. The number of hydrogen-bond acceptors (Lipinski definition) is 3. The zero-order valence-electron chi connectivity index (χ0n) is 15.1. The predicted octanol–water partition coefficient (Wildman–Crippen LogP) is 3.78. The third-order valence-corrected chi connectivity index (χ3v) is 3.83. The normalized spacial score (nSPS) is 10.4. The lowest BCUT2D eigenvalue weighted by molar-refractivity contribution is -0.119. The van der Waals surface area contributed by atoms with Gasteiger partial charge in [0.25, 0.3) is 0 Å². The quantitative estimate of drug-likeness (QED) is 0.841. The highest BCUT2D eigenvalue weighted by atomic mass is 16.5. The van der Waals surface area contributed by atoms with Gasteiger partial charge in [0.05, 0.1) is 13.5 Å². The van der Waals surface area contributed by atoms with Crippen molar-refractivity contribution in [3.8, 4) is 5.75 Å². The molecule has 0 aromatic heterocycles. The molecule has 0 heterocycles. The van der Waals surface area contributed by atoms with Gasteiger partial charge in [-0.2, -0.15) is 0 Å². The molecule has 0 atom stereocenters. The summed E-state index contributed by atoms with van der Waals surface area (Å²) in [7, 11) is 1.61. The van der Waals surface area contributed by atoms with Crippen LogP contribution in [0.1, 0.15) is 25.0 Å². The van der Waals surface area contributed by atoms with Crippen LogP contribution >= 0.6 is 0 Å². The number of carbonyl (C=O) groups is 2. The van der Waals surface area contributed by atoms with E-state index >= 15 is 0 Å². The topological polar surface area (TPSA) is 67.4 Å². The molecular weight excluding hydrogens is 316 g/mol. The van der Waals surface area contributed by atoms with Crippen molar-refractivity contribution < 1.29 is 14.3 Å². The molecule has 2 N–H and O–H groups in total. The van der Waals surface area contributed by atoms with E-state index in [1.54, 1.807) is 13.2 Å². The van der Waals surface area contributed by atoms with Crippen LogP contribution in [0.3, 0.4) is 0 Å². The Labute approximate surface area is 148 Å². The summed E-state index contributed by atoms with van der Waals surface area (Å²) in [4.78, 5) is 24.1. The molecule has 0 spiro atoms. The van der Waals surface area contributed by atoms with Crippen molar-refractivity contribution in [2.24, 2.45) is 5.92 Å². The number of anilines is 2. The number of rotatable bonds is 6. The Bertz CT molecular complexity index is 752. The first kappa shape index (κ1) is 18.5. The molecule has 0 saturated carbocycles. The third kappa shape index (κ3) is 5.35. The van der Waals surface area contributed by atoms with Crippen LogP contribution in [0.15, 0.2) is 42.5 Å². The van der Waals surface area contributed by atoms with E-state index in [0.29, 0.717) is 11.4 Å². The predicted molar refractivity (Wildman–Crippen MR) is 100.0 cm³/mol. The maximum atomic E-state index is 12.3. The first-order valence-electron chi connectivity index (χ1n) is 8.23. The molecule has 0 saturated heterocycles. The molecule has 0 fully saturated rings. The molecule has 0 bridgehead atoms. The summed E-state index contributed by atoms with van der Waals surface area (Å²) in [6.07, 6.45) is 0.270. The lowest BCUT2D eigenvalue weighted by atomic mass is 10.1. The second-order valence-electron chi connectivity index (χ2n) is 6.25. The van der Waals surface area contributed by atoms with Crippen molar-refractivity contribution in [3.63, 3.8) is 0 Å². The maximum Gasteiger partial charge on any atom is 0.228 e. The van der Waals surface area contributed by atoms with Gasteiger partial charge in [0.1, 0.15) is 5.75 Å². The van der Waals surface area contributed by atoms with Gasteiger partial charge < -0.3 is 15.4 Å². The average Bonchev–Trinajstić information content (AvgIpc) is 2.58. The minimum Gasteiger partial charge on any atom is -0.497 e. The molecule has 2 amide bonds. The van der Waals surface area contributed by atoms with Crippen LogP contribution in [-0.2, 0) is 16.0 Å². The minimum atomic E-state index is -0.111. The van der Waals surface area contributed by atoms with E-state index in [0.717, 1.165) is 16.9 Å². The highest BCUT2D eigenvalue weighted by molar-refractivity contribution is 5.96. The summed E-state index contributed by atoms with van der Waals surface area (Å²) in [6.45, 7) is 5.58. The van der Waals surface area contributed by atoms with Gasteiger partial charge in [-0.05, 0) is 42.3 Å². The molecule has 0 radical (unpaired) electrons. The first-order valence-corrected chi connectivity index (χ1v) is 8.23. The number of amides is 2. The molecule has 0 aliphatic carbocycles. The van der Waals surface area contributed by atoms with Crippen LogP contribution in [-0.4, -0.2) is 18.9 Å². The van der Waals surface area contributed by atoms with Crippen LogP contribution in [0.4, 0.5) is 11.4 Å². The van der Waals surface area contributed by atoms with Crippen molar-refractivity contribution in [1.29, 1.82) is 0 Å². The number of aryl methyl sites for hydroxylation is 1. The Morgan fingerprint density at radius 3 is 2.32 bits per heavy atom. The van der Waals surface area contributed by atoms with Crippen molar-refractivity contribution in [2.45, 2.75) is 27.2 Å². The molecular formula is C20H24N2O3. The number of ether oxygens (including phenoxy) is 1. The largest absolute Gasteiger partial charge is 0.497 e. The molecule has 132 valence electrons. The molecule has 0 aliphatic heterocycles. The second kappa shape index (κ2) is 8.33. The zero-order chi connectivity index (χ0) is 18.4. The Balaban J connectivity index is 2.04. The second-order valence-corrected chi connectivity index (χ2v) is 6.25. The molecule has 0 unspecified atom stereocenters. The smallest absolute Gasteiger partial charge is 0.228 e. The monoisotopic (exact) mass is 340 g/mol. The Hall–Kier alpha value is -2.82. The number of carbonyl (C=O) groups excluding carboxylic acids is 2. The van der Waals surface area contributed by atoms with Gasteiger partial charge >= 0.3 is 0 Å². The number of methoxy groups -OCH3 is 1. The summed E-state index contributed by atoms with van der Waals surface area (Å²) in [5.74, 6) is 0.489. The highest BCUT2D eigenvalue weighted by Gasteiger charge is 2.10. The zero-order valence-corrected chi connectivity index (χ0v) is 15.1. The lowest BCUT2D eigenvalue weighted by Gasteiger charge is -2.13. The summed E-state index contributed by atoms with van der Waals surface area (Å²) in [6, 6.07) is 12.9. The van der Waals surface area contributed by atoms with E-state index in [2.05, 4.69) is 10.6 Å². The fourth-order valence-corrected chi connectivity index (χ4v) is 2.24. The molecule has 5 nitrogen and oxygen atoms in total. The summed E-state index contributed by atoms with van der Waals surface area (Å²) in [5, 5.41) is 5.75. The van der Waals surface area contributed by atoms with Crippen molar-refractivity contribution in [2.75, 3.05) is 17.7 Å². The number of hydrogen-bond donors (Lipinski definition) is 2. The van der Waals surface area contributed by atoms with Gasteiger partial charge in [0.15, 0.2) is 0 Å². The van der Waals surface area contributed by atoms with E-state index in [-0.39, 0.29) is 24.2 Å². The molecule has 2 aromatic rings. The van der Waals surface area contributed by atoms with Crippen LogP contribution in [0.5, 0.6) is 5.75 Å². The van der Waals surface area contributed by atoms with Gasteiger partial charge in [-0.1, -0.05) is 32.0 Å². The highest BCUT2D eigenvalue weighted by Crippen LogP contribution is 2.21. The van der Waals surface area contributed by atoms with Crippen molar-refractivity contribution >= 4 is 23.2 Å². The van der Waals surface area contributed by atoms with E-state index in [4.69, 9.17) is 4.74 Å².